The lowest BCUT2D eigenvalue weighted by Gasteiger charge is -2.12. The van der Waals surface area contributed by atoms with Crippen molar-refractivity contribution < 1.29 is 19.4 Å². The lowest BCUT2D eigenvalue weighted by molar-refractivity contribution is 0.0702. The van der Waals surface area contributed by atoms with Gasteiger partial charge in [0.1, 0.15) is 9.88 Å². The molecule has 0 bridgehead atoms. The first-order valence-corrected chi connectivity index (χ1v) is 8.53. The number of carbonyl (C=O) groups is 1. The van der Waals surface area contributed by atoms with Gasteiger partial charge in [0.15, 0.2) is 11.5 Å². The number of ether oxygens (including phenoxy) is 2. The van der Waals surface area contributed by atoms with E-state index in [4.69, 9.17) is 14.6 Å². The zero-order chi connectivity index (χ0) is 16.8. The molecule has 0 fully saturated rings. The predicted octanol–water partition coefficient (Wildman–Crippen LogP) is 4.57. The van der Waals surface area contributed by atoms with E-state index in [0.29, 0.717) is 23.1 Å². The summed E-state index contributed by atoms with van der Waals surface area (Å²) < 4.78 is 11.9. The first kappa shape index (κ1) is 17.5. The average Bonchev–Trinajstić information content (AvgIpc) is 3.00. The fourth-order valence-corrected chi connectivity index (χ4v) is 3.04. The van der Waals surface area contributed by atoms with Crippen molar-refractivity contribution >= 4 is 45.4 Å². The molecule has 122 valence electrons. The molecule has 1 aromatic heterocycles. The Kier molecular flexibility index (Phi) is 6.18. The molecule has 0 aliphatic rings. The van der Waals surface area contributed by atoms with Gasteiger partial charge in [0, 0.05) is 0 Å². The third-order valence-corrected chi connectivity index (χ3v) is 4.39. The molecule has 5 nitrogen and oxygen atoms in total. The molecule has 0 aliphatic heterocycles. The molecule has 1 heterocycles. The van der Waals surface area contributed by atoms with Gasteiger partial charge in [-0.15, -0.1) is 11.3 Å². The maximum Gasteiger partial charge on any atom is 0.347 e. The van der Waals surface area contributed by atoms with Crippen molar-refractivity contribution in [3.63, 3.8) is 0 Å². The van der Waals surface area contributed by atoms with E-state index in [1.807, 2.05) is 25.1 Å². The van der Waals surface area contributed by atoms with Crippen LogP contribution in [0.3, 0.4) is 0 Å². The Bertz CT molecular complexity index is 727. The summed E-state index contributed by atoms with van der Waals surface area (Å²) in [6, 6.07) is 3.77. The van der Waals surface area contributed by atoms with Gasteiger partial charge in [-0.3, -0.25) is 0 Å². The van der Waals surface area contributed by atoms with Crippen LogP contribution in [0.2, 0.25) is 0 Å². The van der Waals surface area contributed by atoms with Crippen molar-refractivity contribution in [1.29, 1.82) is 0 Å². The third-order valence-electron chi connectivity index (χ3n) is 2.86. The van der Waals surface area contributed by atoms with Crippen LogP contribution in [0.4, 0.5) is 0 Å². The number of nitrogens with zero attached hydrogens (tertiary/aromatic N) is 1. The predicted molar refractivity (Wildman–Crippen MR) is 94.5 cm³/mol. The van der Waals surface area contributed by atoms with E-state index in [9.17, 15) is 4.79 Å². The molecule has 0 saturated carbocycles. The summed E-state index contributed by atoms with van der Waals surface area (Å²) in [7, 11) is 1.59. The van der Waals surface area contributed by atoms with Crippen molar-refractivity contribution in [2.45, 2.75) is 13.3 Å². The van der Waals surface area contributed by atoms with Crippen LogP contribution < -0.4 is 9.47 Å². The summed E-state index contributed by atoms with van der Waals surface area (Å²) in [5.74, 6) is 0.343. The molecule has 0 unspecified atom stereocenters. The van der Waals surface area contributed by atoms with Crippen molar-refractivity contribution in [2.24, 2.45) is 0 Å². The smallest absolute Gasteiger partial charge is 0.347 e. The molecule has 0 aliphatic carbocycles. The molecule has 0 atom stereocenters. The Hall–Kier alpha value is -1.86. The molecule has 0 saturated heterocycles. The SMILES string of the molecule is CCCOc1c(Br)cc(/C=C/c2ncc(C(=O)O)s2)cc1OC. The highest BCUT2D eigenvalue weighted by molar-refractivity contribution is 9.10. The summed E-state index contributed by atoms with van der Waals surface area (Å²) >= 11 is 4.61. The topological polar surface area (TPSA) is 68.7 Å². The number of aromatic nitrogens is 1. The maximum absolute atomic E-state index is 10.9. The van der Waals surface area contributed by atoms with E-state index in [2.05, 4.69) is 20.9 Å². The van der Waals surface area contributed by atoms with Gasteiger partial charge >= 0.3 is 5.97 Å². The average molecular weight is 398 g/mol. The van der Waals surface area contributed by atoms with Gasteiger partial charge < -0.3 is 14.6 Å². The normalized spacial score (nSPS) is 10.9. The lowest BCUT2D eigenvalue weighted by Crippen LogP contribution is -1.99. The minimum Gasteiger partial charge on any atom is -0.493 e. The first-order valence-electron chi connectivity index (χ1n) is 6.92. The van der Waals surface area contributed by atoms with E-state index in [0.717, 1.165) is 27.8 Å². The minimum atomic E-state index is -0.969. The largest absolute Gasteiger partial charge is 0.493 e. The second-order valence-electron chi connectivity index (χ2n) is 4.58. The number of benzene rings is 1. The number of aromatic carboxylic acids is 1. The van der Waals surface area contributed by atoms with Gasteiger partial charge in [-0.2, -0.15) is 0 Å². The summed E-state index contributed by atoms with van der Waals surface area (Å²) in [5, 5.41) is 9.53. The number of hydrogen-bond donors (Lipinski definition) is 1. The van der Waals surface area contributed by atoms with E-state index in [1.54, 1.807) is 13.2 Å². The summed E-state index contributed by atoms with van der Waals surface area (Å²) in [5.41, 5.74) is 0.893. The first-order chi connectivity index (χ1) is 11.0. The molecular weight excluding hydrogens is 382 g/mol. The van der Waals surface area contributed by atoms with Crippen molar-refractivity contribution in [3.8, 4) is 11.5 Å². The van der Waals surface area contributed by atoms with Crippen LogP contribution in [0.25, 0.3) is 12.2 Å². The molecule has 0 spiro atoms. The van der Waals surface area contributed by atoms with Gasteiger partial charge in [-0.25, -0.2) is 9.78 Å². The molecular formula is C16H16BrNO4S. The number of hydrogen-bond acceptors (Lipinski definition) is 5. The van der Waals surface area contributed by atoms with Gasteiger partial charge in [0.25, 0.3) is 0 Å². The van der Waals surface area contributed by atoms with Crippen molar-refractivity contribution in [1.82, 2.24) is 4.98 Å². The van der Waals surface area contributed by atoms with Gasteiger partial charge in [-0.05, 0) is 46.1 Å². The van der Waals surface area contributed by atoms with Crippen LogP contribution in [-0.4, -0.2) is 29.8 Å². The molecule has 0 radical (unpaired) electrons. The zero-order valence-corrected chi connectivity index (χ0v) is 15.1. The summed E-state index contributed by atoms with van der Waals surface area (Å²) in [6.45, 7) is 2.65. The highest BCUT2D eigenvalue weighted by atomic mass is 79.9. The highest BCUT2D eigenvalue weighted by Crippen LogP contribution is 2.37. The minimum absolute atomic E-state index is 0.215. The van der Waals surface area contributed by atoms with E-state index < -0.39 is 5.97 Å². The number of carboxylic acids is 1. The second-order valence-corrected chi connectivity index (χ2v) is 6.50. The van der Waals surface area contributed by atoms with Crippen LogP contribution in [0, 0.1) is 0 Å². The Balaban J connectivity index is 2.23. The van der Waals surface area contributed by atoms with E-state index in [-0.39, 0.29) is 4.88 Å². The zero-order valence-electron chi connectivity index (χ0n) is 12.7. The lowest BCUT2D eigenvalue weighted by atomic mass is 10.2. The number of halogens is 1. The Morgan fingerprint density at radius 2 is 2.22 bits per heavy atom. The fourth-order valence-electron chi connectivity index (χ4n) is 1.81. The van der Waals surface area contributed by atoms with Gasteiger partial charge in [0.05, 0.1) is 24.4 Å². The van der Waals surface area contributed by atoms with Crippen molar-refractivity contribution in [2.75, 3.05) is 13.7 Å². The van der Waals surface area contributed by atoms with Gasteiger partial charge in [-0.1, -0.05) is 13.0 Å². The van der Waals surface area contributed by atoms with Crippen LogP contribution in [0.5, 0.6) is 11.5 Å². The monoisotopic (exact) mass is 397 g/mol. The van der Waals surface area contributed by atoms with Crippen LogP contribution in [0.15, 0.2) is 22.8 Å². The standard InChI is InChI=1S/C16H16BrNO4S/c1-3-6-22-15-11(17)7-10(8-12(15)21-2)4-5-14-18-9-13(23-14)16(19)20/h4-5,7-9H,3,6H2,1-2H3,(H,19,20)/b5-4+. The maximum atomic E-state index is 10.9. The summed E-state index contributed by atoms with van der Waals surface area (Å²) in [6.07, 6.45) is 5.88. The van der Waals surface area contributed by atoms with Crippen molar-refractivity contribution in [3.05, 3.63) is 38.3 Å². The molecule has 2 aromatic rings. The quantitative estimate of drug-likeness (QED) is 0.740. The second kappa shape index (κ2) is 8.12. The number of methoxy groups -OCH3 is 1. The number of thiazole rings is 1. The molecule has 1 N–H and O–H groups in total. The Labute approximate surface area is 146 Å². The molecule has 23 heavy (non-hydrogen) atoms. The van der Waals surface area contributed by atoms with E-state index in [1.165, 1.54) is 6.20 Å². The molecule has 2 rings (SSSR count). The van der Waals surface area contributed by atoms with E-state index >= 15 is 0 Å². The molecule has 1 aromatic carbocycles. The Morgan fingerprint density at radius 3 is 2.83 bits per heavy atom. The molecule has 7 heteroatoms. The van der Waals surface area contributed by atoms with Crippen LogP contribution in [0.1, 0.15) is 33.6 Å². The fraction of sp³-hybridized carbons (Fsp3) is 0.250. The number of rotatable bonds is 7. The summed E-state index contributed by atoms with van der Waals surface area (Å²) in [4.78, 5) is 15.1. The third kappa shape index (κ3) is 4.56. The number of carboxylic acid groups (broad SMARTS) is 1. The molecule has 0 amide bonds. The Morgan fingerprint density at radius 1 is 1.43 bits per heavy atom. The van der Waals surface area contributed by atoms with Crippen LogP contribution in [-0.2, 0) is 0 Å². The highest BCUT2D eigenvalue weighted by Gasteiger charge is 2.11. The van der Waals surface area contributed by atoms with Crippen LogP contribution >= 0.6 is 27.3 Å². The van der Waals surface area contributed by atoms with Gasteiger partial charge in [0.2, 0.25) is 0 Å².